The number of esters is 2. The summed E-state index contributed by atoms with van der Waals surface area (Å²) in [4.78, 5) is 27.2. The molecule has 0 atom stereocenters. The molecule has 0 aliphatic carbocycles. The van der Waals surface area contributed by atoms with Crippen LogP contribution < -0.4 is 4.74 Å². The van der Waals surface area contributed by atoms with Crippen molar-refractivity contribution in [3.05, 3.63) is 22.7 Å². The third-order valence-electron chi connectivity index (χ3n) is 3.10. The zero-order chi connectivity index (χ0) is 19.5. The summed E-state index contributed by atoms with van der Waals surface area (Å²) in [6.45, 7) is 3.41. The van der Waals surface area contributed by atoms with Gasteiger partial charge in [0, 0.05) is 6.20 Å². The maximum Gasteiger partial charge on any atom is 0.417 e. The topological polar surface area (TPSA) is 74.7 Å². The van der Waals surface area contributed by atoms with Crippen LogP contribution in [0.15, 0.2) is 12.3 Å². The summed E-state index contributed by atoms with van der Waals surface area (Å²) in [6, 6.07) is 0.864. The van der Waals surface area contributed by atoms with Gasteiger partial charge in [-0.25, -0.2) is 9.59 Å². The van der Waals surface area contributed by atoms with Crippen molar-refractivity contribution in [1.29, 1.82) is 0 Å². The van der Waals surface area contributed by atoms with Gasteiger partial charge in [0.25, 0.3) is 0 Å². The Bertz CT molecular complexity index is 816. The molecule has 0 unspecified atom stereocenters. The van der Waals surface area contributed by atoms with Crippen LogP contribution in [0.3, 0.4) is 0 Å². The minimum absolute atomic E-state index is 0.0417. The van der Waals surface area contributed by atoms with Crippen LogP contribution in [0, 0.1) is 5.92 Å². The van der Waals surface area contributed by atoms with E-state index in [0.29, 0.717) is 6.20 Å². The summed E-state index contributed by atoms with van der Waals surface area (Å²) < 4.78 is 53.5. The number of ether oxygens (including phenoxy) is 3. The highest BCUT2D eigenvalue weighted by molar-refractivity contribution is 7.21. The molecule has 0 fully saturated rings. The normalized spacial score (nSPS) is 11.7. The lowest BCUT2D eigenvalue weighted by Crippen LogP contribution is -2.18. The van der Waals surface area contributed by atoms with Gasteiger partial charge < -0.3 is 14.2 Å². The molecule has 6 nitrogen and oxygen atoms in total. The van der Waals surface area contributed by atoms with E-state index < -0.39 is 30.3 Å². The van der Waals surface area contributed by atoms with E-state index in [9.17, 15) is 22.8 Å². The minimum Gasteiger partial charge on any atom is -0.478 e. The molecule has 10 heteroatoms. The van der Waals surface area contributed by atoms with Crippen molar-refractivity contribution in [2.24, 2.45) is 5.92 Å². The van der Waals surface area contributed by atoms with E-state index in [4.69, 9.17) is 9.47 Å². The number of nitrogens with zero attached hydrogens (tertiary/aromatic N) is 1. The van der Waals surface area contributed by atoms with Crippen molar-refractivity contribution in [2.45, 2.75) is 20.0 Å². The summed E-state index contributed by atoms with van der Waals surface area (Å²) in [5, 5.41) is 0. The fourth-order valence-corrected chi connectivity index (χ4v) is 2.97. The number of pyridine rings is 1. The van der Waals surface area contributed by atoms with E-state index in [1.165, 1.54) is 0 Å². The van der Waals surface area contributed by atoms with Crippen LogP contribution in [-0.2, 0) is 20.4 Å². The molecule has 0 aliphatic rings. The molecule has 0 saturated heterocycles. The molecule has 0 amide bonds. The number of hydrogen-bond acceptors (Lipinski definition) is 7. The first kappa shape index (κ1) is 20.0. The molecule has 0 N–H and O–H groups in total. The number of hydrogen-bond donors (Lipinski definition) is 0. The van der Waals surface area contributed by atoms with Crippen molar-refractivity contribution in [3.8, 4) is 5.75 Å². The zero-order valence-corrected chi connectivity index (χ0v) is 15.0. The lowest BCUT2D eigenvalue weighted by Gasteiger charge is -2.09. The quantitative estimate of drug-likeness (QED) is 0.700. The molecule has 0 aliphatic heterocycles. The fourth-order valence-electron chi connectivity index (χ4n) is 1.91. The second kappa shape index (κ2) is 7.90. The van der Waals surface area contributed by atoms with Gasteiger partial charge in [0.1, 0.15) is 5.52 Å². The number of alkyl halides is 3. The van der Waals surface area contributed by atoms with Gasteiger partial charge in [0.2, 0.25) is 0 Å². The Hall–Kier alpha value is -2.36. The largest absolute Gasteiger partial charge is 0.478 e. The second-order valence-corrected chi connectivity index (χ2v) is 6.74. The van der Waals surface area contributed by atoms with Crippen molar-refractivity contribution in [1.82, 2.24) is 4.98 Å². The van der Waals surface area contributed by atoms with Gasteiger partial charge in [-0.3, -0.25) is 4.98 Å². The number of fused-ring (bicyclic) bond motifs is 1. The predicted octanol–water partition coefficient (Wildman–Crippen LogP) is 3.68. The van der Waals surface area contributed by atoms with Crippen LogP contribution in [0.25, 0.3) is 10.2 Å². The van der Waals surface area contributed by atoms with E-state index in [-0.39, 0.29) is 33.4 Å². The molecule has 26 heavy (non-hydrogen) atoms. The highest BCUT2D eigenvalue weighted by Gasteiger charge is 2.32. The first-order valence-corrected chi connectivity index (χ1v) is 8.31. The van der Waals surface area contributed by atoms with Crippen LogP contribution >= 0.6 is 11.3 Å². The third-order valence-corrected chi connectivity index (χ3v) is 4.18. The molecule has 0 aromatic carbocycles. The molecule has 2 heterocycles. The Morgan fingerprint density at radius 3 is 2.58 bits per heavy atom. The maximum absolute atomic E-state index is 12.8. The van der Waals surface area contributed by atoms with Gasteiger partial charge in [0.15, 0.2) is 17.2 Å². The summed E-state index contributed by atoms with van der Waals surface area (Å²) in [5.41, 5.74) is -0.911. The number of thiophene rings is 1. The number of carbonyl (C=O) groups is 2. The summed E-state index contributed by atoms with van der Waals surface area (Å²) in [6.07, 6.45) is -3.93. The standard InChI is InChI=1S/C16H16F3NO5S/c1-8(2)6-24-11(21)7-25-13-12-10(26-14(13)15(22)23-3)4-9(5-20-12)16(17,18)19/h4-5,8H,6-7H2,1-3H3. The van der Waals surface area contributed by atoms with Gasteiger partial charge in [-0.05, 0) is 12.0 Å². The second-order valence-electron chi connectivity index (χ2n) is 5.69. The van der Waals surface area contributed by atoms with Crippen molar-refractivity contribution in [2.75, 3.05) is 20.3 Å². The highest BCUT2D eigenvalue weighted by Crippen LogP contribution is 2.39. The molecular weight excluding hydrogens is 375 g/mol. The summed E-state index contributed by atoms with van der Waals surface area (Å²) >= 11 is 0.743. The smallest absolute Gasteiger partial charge is 0.417 e. The molecule has 142 valence electrons. The molecule has 0 bridgehead atoms. The van der Waals surface area contributed by atoms with Gasteiger partial charge in [-0.2, -0.15) is 13.2 Å². The fraction of sp³-hybridized carbons (Fsp3) is 0.438. The summed E-state index contributed by atoms with van der Waals surface area (Å²) in [7, 11) is 1.13. The molecule has 2 aromatic rings. The molecule has 0 saturated carbocycles. The van der Waals surface area contributed by atoms with Crippen molar-refractivity contribution < 1.29 is 37.0 Å². The Labute approximate surface area is 150 Å². The first-order valence-electron chi connectivity index (χ1n) is 7.50. The molecule has 2 rings (SSSR count). The van der Waals surface area contributed by atoms with Gasteiger partial charge in [0.05, 0.1) is 24.0 Å². The lowest BCUT2D eigenvalue weighted by molar-refractivity contribution is -0.147. The minimum atomic E-state index is -4.57. The SMILES string of the molecule is COC(=O)c1sc2cc(C(F)(F)F)cnc2c1OCC(=O)OCC(C)C. The molecular formula is C16H16F3NO5S. The third kappa shape index (κ3) is 4.63. The predicted molar refractivity (Wildman–Crippen MR) is 87.3 cm³/mol. The van der Waals surface area contributed by atoms with E-state index in [2.05, 4.69) is 9.72 Å². The highest BCUT2D eigenvalue weighted by atomic mass is 32.1. The Kier molecular flexibility index (Phi) is 6.06. The zero-order valence-electron chi connectivity index (χ0n) is 14.2. The lowest BCUT2D eigenvalue weighted by atomic mass is 10.2. The van der Waals surface area contributed by atoms with Crippen LogP contribution in [-0.4, -0.2) is 37.2 Å². The first-order chi connectivity index (χ1) is 12.1. The summed E-state index contributed by atoms with van der Waals surface area (Å²) in [5.74, 6) is -1.44. The van der Waals surface area contributed by atoms with Crippen LogP contribution in [0.5, 0.6) is 5.75 Å². The van der Waals surface area contributed by atoms with Gasteiger partial charge in [-0.15, -0.1) is 11.3 Å². The van der Waals surface area contributed by atoms with E-state index >= 15 is 0 Å². The number of methoxy groups -OCH3 is 1. The van der Waals surface area contributed by atoms with Crippen molar-refractivity contribution in [3.63, 3.8) is 0 Å². The Morgan fingerprint density at radius 2 is 2.00 bits per heavy atom. The molecule has 0 radical (unpaired) electrons. The number of rotatable bonds is 6. The van der Waals surface area contributed by atoms with Crippen LogP contribution in [0.2, 0.25) is 0 Å². The van der Waals surface area contributed by atoms with Gasteiger partial charge in [-0.1, -0.05) is 13.8 Å². The Morgan fingerprint density at radius 1 is 1.31 bits per heavy atom. The number of carbonyl (C=O) groups excluding carboxylic acids is 2. The van der Waals surface area contributed by atoms with Crippen LogP contribution in [0.4, 0.5) is 13.2 Å². The maximum atomic E-state index is 12.8. The Balaban J connectivity index is 2.33. The van der Waals surface area contributed by atoms with E-state index in [0.717, 1.165) is 24.5 Å². The van der Waals surface area contributed by atoms with Gasteiger partial charge >= 0.3 is 18.1 Å². The average Bonchev–Trinajstić information content (AvgIpc) is 2.94. The number of aromatic nitrogens is 1. The number of halogens is 3. The van der Waals surface area contributed by atoms with E-state index in [1.807, 2.05) is 13.8 Å². The van der Waals surface area contributed by atoms with E-state index in [1.54, 1.807) is 0 Å². The molecule has 0 spiro atoms. The average molecular weight is 391 g/mol. The van der Waals surface area contributed by atoms with Crippen LogP contribution in [0.1, 0.15) is 29.1 Å². The monoisotopic (exact) mass is 391 g/mol. The molecule has 2 aromatic heterocycles. The van der Waals surface area contributed by atoms with Crippen molar-refractivity contribution >= 4 is 33.5 Å².